The maximum atomic E-state index is 13.6. The van der Waals surface area contributed by atoms with Crippen molar-refractivity contribution in [2.75, 3.05) is 13.2 Å². The van der Waals surface area contributed by atoms with Gasteiger partial charge in [0.1, 0.15) is 18.4 Å². The van der Waals surface area contributed by atoms with Gasteiger partial charge in [-0.1, -0.05) is 6.07 Å². The van der Waals surface area contributed by atoms with Crippen LogP contribution in [0.1, 0.15) is 80.5 Å². The van der Waals surface area contributed by atoms with Gasteiger partial charge < -0.3 is 19.3 Å². The average molecular weight is 527 g/mol. The summed E-state index contributed by atoms with van der Waals surface area (Å²) in [5.74, 6) is 0.780. The zero-order valence-corrected chi connectivity index (χ0v) is 21.6. The van der Waals surface area contributed by atoms with Crippen molar-refractivity contribution in [2.24, 2.45) is 0 Å². The first-order valence-electron chi connectivity index (χ1n) is 13.6. The summed E-state index contributed by atoms with van der Waals surface area (Å²) < 4.78 is 11.6. The van der Waals surface area contributed by atoms with E-state index < -0.39 is 0 Å². The van der Waals surface area contributed by atoms with E-state index >= 15 is 0 Å². The largest absolute Gasteiger partial charge is 0.495 e. The first-order valence-corrected chi connectivity index (χ1v) is 13.6. The number of nitrogens with zero attached hydrogens (tertiary/aromatic N) is 5. The van der Waals surface area contributed by atoms with Crippen LogP contribution in [-0.2, 0) is 30.8 Å². The van der Waals surface area contributed by atoms with Gasteiger partial charge in [-0.25, -0.2) is 4.98 Å². The molecule has 1 saturated carbocycles. The SMILES string of the molecule is O=C(c1cc(OCC2CCC=CO2)nc(C2CC2)c1)N1Cc2ccc(C(=O)N3CCc4n[nH]nc4C3)cc2C1. The highest BCUT2D eigenvalue weighted by Crippen LogP contribution is 2.40. The number of aromatic nitrogens is 4. The second-order valence-corrected chi connectivity index (χ2v) is 10.7. The fourth-order valence-electron chi connectivity index (χ4n) is 5.51. The number of hydrogen-bond donors (Lipinski definition) is 1. The molecule has 1 aromatic carbocycles. The molecule has 7 rings (SSSR count). The quantitative estimate of drug-likeness (QED) is 0.523. The van der Waals surface area contributed by atoms with Gasteiger partial charge in [0.15, 0.2) is 0 Å². The summed E-state index contributed by atoms with van der Waals surface area (Å²) in [5.41, 5.74) is 5.95. The van der Waals surface area contributed by atoms with Gasteiger partial charge >= 0.3 is 0 Å². The lowest BCUT2D eigenvalue weighted by Gasteiger charge is -2.25. The Morgan fingerprint density at radius 2 is 1.79 bits per heavy atom. The number of allylic oxidation sites excluding steroid dienone is 1. The van der Waals surface area contributed by atoms with Crippen LogP contribution in [0.25, 0.3) is 0 Å². The highest BCUT2D eigenvalue weighted by Gasteiger charge is 2.31. The molecule has 1 aliphatic carbocycles. The summed E-state index contributed by atoms with van der Waals surface area (Å²) in [6.07, 6.45) is 8.46. The standard InChI is InChI=1S/C29H30N6O4/c36-28(34-9-8-24-26(16-34)32-33-31-24)19-6-7-20-14-35(15-22(20)11-19)29(37)21-12-25(18-4-5-18)30-27(13-21)39-17-23-3-1-2-10-38-23/h2,6-7,10-13,18,23H,1,3-5,8-9,14-17H2,(H,31,32,33). The molecule has 1 fully saturated rings. The predicted molar refractivity (Wildman–Crippen MR) is 140 cm³/mol. The molecule has 1 atom stereocenters. The van der Waals surface area contributed by atoms with E-state index in [2.05, 4.69) is 15.4 Å². The van der Waals surface area contributed by atoms with Gasteiger partial charge in [0.25, 0.3) is 11.8 Å². The highest BCUT2D eigenvalue weighted by molar-refractivity contribution is 5.96. The number of amides is 2. The molecule has 0 bridgehead atoms. The molecular weight excluding hydrogens is 496 g/mol. The van der Waals surface area contributed by atoms with E-state index in [1.54, 1.807) is 17.2 Å². The third-order valence-electron chi connectivity index (χ3n) is 7.92. The summed E-state index contributed by atoms with van der Waals surface area (Å²) >= 11 is 0. The van der Waals surface area contributed by atoms with Crippen molar-refractivity contribution in [1.82, 2.24) is 30.2 Å². The second-order valence-electron chi connectivity index (χ2n) is 10.7. The Labute approximate surface area is 226 Å². The molecule has 10 nitrogen and oxygen atoms in total. The highest BCUT2D eigenvalue weighted by atomic mass is 16.5. The van der Waals surface area contributed by atoms with Gasteiger partial charge in [-0.2, -0.15) is 15.4 Å². The van der Waals surface area contributed by atoms with Gasteiger partial charge in [-0.05, 0) is 61.1 Å². The maximum Gasteiger partial charge on any atom is 0.254 e. The van der Waals surface area contributed by atoms with Crippen LogP contribution >= 0.6 is 0 Å². The smallest absolute Gasteiger partial charge is 0.254 e. The normalized spacial score (nSPS) is 19.8. The fourth-order valence-corrected chi connectivity index (χ4v) is 5.51. The average Bonchev–Trinajstić information content (AvgIpc) is 3.57. The molecule has 0 radical (unpaired) electrons. The van der Waals surface area contributed by atoms with E-state index in [9.17, 15) is 9.59 Å². The molecular formula is C29H30N6O4. The lowest BCUT2D eigenvalue weighted by atomic mass is 10.0. The van der Waals surface area contributed by atoms with Crippen LogP contribution in [0.3, 0.4) is 0 Å². The van der Waals surface area contributed by atoms with Crippen molar-refractivity contribution in [3.63, 3.8) is 0 Å². The van der Waals surface area contributed by atoms with Crippen molar-refractivity contribution in [1.29, 1.82) is 0 Å². The van der Waals surface area contributed by atoms with Crippen LogP contribution in [0.2, 0.25) is 0 Å². The zero-order chi connectivity index (χ0) is 26.3. The van der Waals surface area contributed by atoms with Crippen LogP contribution in [-0.4, -0.2) is 61.3 Å². The van der Waals surface area contributed by atoms with Gasteiger partial charge in [0, 0.05) is 54.9 Å². The molecule has 0 saturated heterocycles. The number of fused-ring (bicyclic) bond motifs is 2. The number of carbonyl (C=O) groups excluding carboxylic acids is 2. The Morgan fingerprint density at radius 3 is 2.64 bits per heavy atom. The van der Waals surface area contributed by atoms with Crippen LogP contribution < -0.4 is 4.74 Å². The van der Waals surface area contributed by atoms with Crippen LogP contribution in [0.15, 0.2) is 42.7 Å². The van der Waals surface area contributed by atoms with Gasteiger partial charge in [0.2, 0.25) is 5.88 Å². The van der Waals surface area contributed by atoms with Crippen molar-refractivity contribution >= 4 is 11.8 Å². The summed E-state index contributed by atoms with van der Waals surface area (Å²) in [7, 11) is 0. The molecule has 0 spiro atoms. The minimum absolute atomic E-state index is 0.00606. The first kappa shape index (κ1) is 23.9. The van der Waals surface area contributed by atoms with E-state index in [-0.39, 0.29) is 17.9 Å². The number of rotatable bonds is 6. The number of H-pyrrole nitrogens is 1. The molecule has 10 heteroatoms. The van der Waals surface area contributed by atoms with Gasteiger partial charge in [-0.15, -0.1) is 0 Å². The minimum atomic E-state index is -0.0559. The number of benzene rings is 1. The summed E-state index contributed by atoms with van der Waals surface area (Å²) in [4.78, 5) is 35.2. The van der Waals surface area contributed by atoms with Gasteiger partial charge in [0.05, 0.1) is 18.5 Å². The van der Waals surface area contributed by atoms with E-state index in [0.29, 0.717) is 62.1 Å². The first-order chi connectivity index (χ1) is 19.1. The fraction of sp³-hybridized carbons (Fsp3) is 0.414. The third-order valence-corrected chi connectivity index (χ3v) is 7.92. The van der Waals surface area contributed by atoms with Crippen molar-refractivity contribution in [2.45, 2.75) is 63.8 Å². The van der Waals surface area contributed by atoms with Crippen LogP contribution in [0, 0.1) is 0 Å². The summed E-state index contributed by atoms with van der Waals surface area (Å²) in [6.45, 7) is 2.43. The molecule has 2 amide bonds. The van der Waals surface area contributed by atoms with E-state index in [4.69, 9.17) is 14.5 Å². The number of nitrogens with one attached hydrogen (secondary N) is 1. The number of hydrogen-bond acceptors (Lipinski definition) is 7. The predicted octanol–water partition coefficient (Wildman–Crippen LogP) is 3.50. The van der Waals surface area contributed by atoms with Crippen LogP contribution in [0.5, 0.6) is 5.88 Å². The molecule has 1 N–H and O–H groups in total. The Bertz CT molecular complexity index is 1460. The zero-order valence-electron chi connectivity index (χ0n) is 21.6. The monoisotopic (exact) mass is 526 g/mol. The summed E-state index contributed by atoms with van der Waals surface area (Å²) in [6, 6.07) is 9.42. The molecule has 200 valence electrons. The Balaban J connectivity index is 1.05. The molecule has 3 aliphatic heterocycles. The van der Waals surface area contributed by atoms with E-state index in [1.807, 2.05) is 35.2 Å². The molecule has 1 unspecified atom stereocenters. The lowest BCUT2D eigenvalue weighted by Crippen LogP contribution is -2.36. The number of aromatic amines is 1. The third kappa shape index (κ3) is 4.86. The molecule has 3 aromatic rings. The second kappa shape index (κ2) is 9.83. The van der Waals surface area contributed by atoms with Gasteiger partial charge in [-0.3, -0.25) is 9.59 Å². The minimum Gasteiger partial charge on any atom is -0.495 e. The lowest BCUT2D eigenvalue weighted by molar-refractivity contribution is 0.0706. The molecule has 39 heavy (non-hydrogen) atoms. The maximum absolute atomic E-state index is 13.6. The topological polar surface area (TPSA) is 114 Å². The van der Waals surface area contributed by atoms with Crippen molar-refractivity contribution in [3.05, 3.63) is 82.0 Å². The molecule has 2 aromatic heterocycles. The van der Waals surface area contributed by atoms with Crippen LogP contribution in [0.4, 0.5) is 0 Å². The number of carbonyl (C=O) groups is 2. The molecule has 5 heterocycles. The van der Waals surface area contributed by atoms with E-state index in [0.717, 1.165) is 53.9 Å². The number of pyridine rings is 1. The summed E-state index contributed by atoms with van der Waals surface area (Å²) in [5, 5.41) is 11.0. The Kier molecular flexibility index (Phi) is 6.02. The van der Waals surface area contributed by atoms with Crippen molar-refractivity contribution in [3.8, 4) is 5.88 Å². The van der Waals surface area contributed by atoms with E-state index in [1.165, 1.54) is 0 Å². The molecule has 4 aliphatic rings. The Hall–Kier alpha value is -4.21. The van der Waals surface area contributed by atoms with Crippen molar-refractivity contribution < 1.29 is 19.1 Å². The number of ether oxygens (including phenoxy) is 2. The Morgan fingerprint density at radius 1 is 0.949 bits per heavy atom.